The molecular weight excluding hydrogens is 873 g/mol. The zero-order valence-electron chi connectivity index (χ0n) is 29.0. The van der Waals surface area contributed by atoms with Gasteiger partial charge in [0.2, 0.25) is 0 Å². The zero-order chi connectivity index (χ0) is 36.0. The monoisotopic (exact) mass is 912 g/mol. The summed E-state index contributed by atoms with van der Waals surface area (Å²) in [4.78, 5) is 0. The standard InChI is InChI=1S/2C22H18Cl.C2H4.2ClH.Hf/c2*1-2-22(14-17-9-4-6-13-21(23)19(17)15-22)20-12-7-10-16-8-3-5-11-18(16)20;1-2;;;/h2*3-15H,2H2,1H3;1H,2H3;2*1H;/q2*-1;;;;+2/p-2. The van der Waals surface area contributed by atoms with E-state index in [-0.39, 0.29) is 10.8 Å². The van der Waals surface area contributed by atoms with E-state index < -0.39 is 18.6 Å². The second-order valence-corrected chi connectivity index (χ2v) is 26.1. The van der Waals surface area contributed by atoms with Gasteiger partial charge >= 0.3 is 46.4 Å². The van der Waals surface area contributed by atoms with Gasteiger partial charge in [0.05, 0.1) is 0 Å². The van der Waals surface area contributed by atoms with Crippen molar-refractivity contribution in [1.82, 2.24) is 0 Å². The number of fused-ring (bicyclic) bond motifs is 4. The molecule has 0 aromatic heterocycles. The Morgan fingerprint density at radius 3 is 1.35 bits per heavy atom. The number of allylic oxidation sites excluding steroid dienone is 16. The van der Waals surface area contributed by atoms with Crippen LogP contribution in [0.3, 0.4) is 0 Å². The molecule has 4 aromatic carbocycles. The first-order chi connectivity index (χ1) is 24.7. The van der Waals surface area contributed by atoms with Gasteiger partial charge < -0.3 is 0 Å². The molecule has 8 rings (SSSR count). The quantitative estimate of drug-likeness (QED) is 0.141. The molecule has 0 radical (unpaired) electrons. The van der Waals surface area contributed by atoms with E-state index in [4.69, 9.17) is 40.4 Å². The Labute approximate surface area is 328 Å². The van der Waals surface area contributed by atoms with Crippen molar-refractivity contribution in [2.24, 2.45) is 0 Å². The van der Waals surface area contributed by atoms with Crippen LogP contribution in [0.5, 0.6) is 0 Å². The Hall–Kier alpha value is -3.04. The summed E-state index contributed by atoms with van der Waals surface area (Å²) in [6.07, 6.45) is 27.8. The van der Waals surface area contributed by atoms with Crippen molar-refractivity contribution in [3.63, 3.8) is 0 Å². The molecule has 0 fully saturated rings. The van der Waals surface area contributed by atoms with E-state index in [0.717, 1.165) is 34.7 Å². The maximum absolute atomic E-state index is 6.49. The van der Waals surface area contributed by atoms with Gasteiger partial charge in [-0.15, -0.1) is 118 Å². The summed E-state index contributed by atoms with van der Waals surface area (Å²) in [6, 6.07) is 30.4. The molecule has 51 heavy (non-hydrogen) atoms. The minimum absolute atomic E-state index is 0.0960. The van der Waals surface area contributed by atoms with Gasteiger partial charge in [0.15, 0.2) is 0 Å². The Morgan fingerprint density at radius 1 is 0.569 bits per heavy atom. The van der Waals surface area contributed by atoms with Crippen LogP contribution in [-0.2, 0) is 29.4 Å². The molecule has 0 aliphatic heterocycles. The molecule has 0 N–H and O–H groups in total. The van der Waals surface area contributed by atoms with Crippen molar-refractivity contribution >= 4 is 65.7 Å². The van der Waals surface area contributed by atoms with E-state index in [1.54, 1.807) is 0 Å². The van der Waals surface area contributed by atoms with Crippen LogP contribution in [0.2, 0.25) is 0 Å². The summed E-state index contributed by atoms with van der Waals surface area (Å²) in [5.41, 5.74) is 7.24. The predicted molar refractivity (Wildman–Crippen MR) is 222 cm³/mol. The van der Waals surface area contributed by atoms with Crippen LogP contribution < -0.4 is 0 Å². The van der Waals surface area contributed by atoms with Crippen LogP contribution in [0, 0.1) is 10.8 Å². The molecule has 5 heteroatoms. The molecule has 2 atom stereocenters. The van der Waals surface area contributed by atoms with Gasteiger partial charge in [0, 0.05) is 0 Å². The van der Waals surface area contributed by atoms with Crippen LogP contribution in [-0.4, -0.2) is 3.76 Å². The molecule has 4 aliphatic rings. The molecule has 4 aliphatic carbocycles. The van der Waals surface area contributed by atoms with E-state index >= 15 is 0 Å². The molecule has 0 saturated heterocycles. The minimum atomic E-state index is -1.88. The van der Waals surface area contributed by atoms with E-state index in [0.29, 0.717) is 0 Å². The van der Waals surface area contributed by atoms with Crippen LogP contribution in [0.15, 0.2) is 180 Å². The van der Waals surface area contributed by atoms with Crippen LogP contribution in [0.4, 0.5) is 0 Å². The summed E-state index contributed by atoms with van der Waals surface area (Å²) in [5.74, 6) is 0. The Kier molecular flexibility index (Phi) is 12.4. The molecule has 0 spiro atoms. The summed E-state index contributed by atoms with van der Waals surface area (Å²) in [7, 11) is 10.8. The SMILES string of the molecule is CCC1(c2cccc3ccccc23)C=C2C=CC=C[C-](Cl)C2=C1.CCC1(c2cccc3ccccc23)C=C2C=CC=C[C-](Cl)C2=C1.C[CH]=[Hf]([Cl])[Cl]. The molecular formula is C46H40Cl4Hf-2. The summed E-state index contributed by atoms with van der Waals surface area (Å²) in [5, 5.41) is 6.84. The van der Waals surface area contributed by atoms with Gasteiger partial charge in [-0.05, 0) is 67.1 Å². The summed E-state index contributed by atoms with van der Waals surface area (Å²) < 4.78 is 1.91. The topological polar surface area (TPSA) is 0 Å². The van der Waals surface area contributed by atoms with Crippen molar-refractivity contribution in [3.05, 3.63) is 202 Å². The molecule has 2 unspecified atom stereocenters. The van der Waals surface area contributed by atoms with E-state index in [1.807, 2.05) is 35.0 Å². The van der Waals surface area contributed by atoms with E-state index in [2.05, 4.69) is 147 Å². The van der Waals surface area contributed by atoms with Crippen molar-refractivity contribution in [1.29, 1.82) is 0 Å². The van der Waals surface area contributed by atoms with Gasteiger partial charge in [-0.25, -0.2) is 0 Å². The number of benzene rings is 4. The fourth-order valence-corrected chi connectivity index (χ4v) is 7.78. The predicted octanol–water partition coefficient (Wildman–Crippen LogP) is 14.2. The Bertz CT molecular complexity index is 2050. The average Bonchev–Trinajstić information content (AvgIpc) is 3.64. The fourth-order valence-electron chi connectivity index (χ4n) is 7.31. The molecule has 0 heterocycles. The van der Waals surface area contributed by atoms with E-state index in [9.17, 15) is 0 Å². The Balaban J connectivity index is 0.000000156. The zero-order valence-corrected chi connectivity index (χ0v) is 35.6. The first-order valence-electron chi connectivity index (χ1n) is 17.4. The molecule has 0 saturated carbocycles. The molecule has 4 aromatic rings. The van der Waals surface area contributed by atoms with Gasteiger partial charge in [-0.2, -0.15) is 0 Å². The van der Waals surface area contributed by atoms with E-state index in [1.165, 1.54) is 43.8 Å². The van der Waals surface area contributed by atoms with Crippen molar-refractivity contribution in [3.8, 4) is 0 Å². The Morgan fingerprint density at radius 2 is 0.961 bits per heavy atom. The summed E-state index contributed by atoms with van der Waals surface area (Å²) in [6.45, 7) is 6.39. The van der Waals surface area contributed by atoms with Crippen molar-refractivity contribution in [2.75, 3.05) is 0 Å². The van der Waals surface area contributed by atoms with Crippen molar-refractivity contribution < 1.29 is 18.6 Å². The maximum atomic E-state index is 6.49. The fraction of sp³-hybridized carbons (Fsp3) is 0.152. The van der Waals surface area contributed by atoms with Gasteiger partial charge in [-0.3, -0.25) is 0 Å². The summed E-state index contributed by atoms with van der Waals surface area (Å²) >= 11 is 11.1. The first kappa shape index (κ1) is 37.7. The van der Waals surface area contributed by atoms with Gasteiger partial charge in [-0.1, -0.05) is 98.8 Å². The number of hydrogen-bond donors (Lipinski definition) is 0. The molecule has 0 nitrogen and oxygen atoms in total. The average molecular weight is 913 g/mol. The van der Waals surface area contributed by atoms with Crippen LogP contribution in [0.1, 0.15) is 44.7 Å². The third-order valence-corrected chi connectivity index (χ3v) is 15.8. The normalized spacial score (nSPS) is 21.2. The van der Waals surface area contributed by atoms with Crippen LogP contribution in [0.25, 0.3) is 21.5 Å². The third kappa shape index (κ3) is 8.00. The van der Waals surface area contributed by atoms with Gasteiger partial charge in [0.25, 0.3) is 0 Å². The second kappa shape index (κ2) is 16.7. The third-order valence-electron chi connectivity index (χ3n) is 10.00. The molecule has 0 amide bonds. The van der Waals surface area contributed by atoms with Crippen LogP contribution >= 0.6 is 40.4 Å². The molecule has 258 valence electrons. The number of hydrogen-bond acceptors (Lipinski definition) is 0. The first-order valence-corrected chi connectivity index (χ1v) is 29.1. The number of halogens is 4. The van der Waals surface area contributed by atoms with Gasteiger partial charge in [0.1, 0.15) is 0 Å². The molecule has 0 bridgehead atoms. The van der Waals surface area contributed by atoms with Crippen molar-refractivity contribution in [2.45, 2.75) is 44.4 Å². The number of rotatable bonds is 4. The second-order valence-electron chi connectivity index (χ2n) is 12.9.